The van der Waals surface area contributed by atoms with E-state index in [2.05, 4.69) is 31.1 Å². The van der Waals surface area contributed by atoms with Crippen LogP contribution in [0.4, 0.5) is 0 Å². The van der Waals surface area contributed by atoms with Crippen LogP contribution in [-0.4, -0.2) is 184 Å². The highest BCUT2D eigenvalue weighted by Crippen LogP contribution is 2.43. The standard InChI is InChI=1S/C30H54N4O12S3.C4H10.2C2H6.CH4O/c31-5-12-47-10-3-9-42-26-27(39)34-21(46-28(26)40)4-1-7-43-29-25(17-14-19(45-29)22(17)36)41-8-2-11-48-13-6-33-20(32)16-49-30-24(38)23(37)18(35)15-44-30;1-4(2)3;3*1-2/h1,7,17-19,21-30,34-40H,2-6,8-16,31H2,(H2,32,33);4H,1-3H3;2*1-2H3;2H,1H3/t17-,18?,19?,21?,22?,23?,24?,25?,26?,27?,28?,29?,30?;;;;/m0..../s1. The van der Waals surface area contributed by atoms with Gasteiger partial charge in [0.05, 0.1) is 30.8 Å². The second kappa shape index (κ2) is 35.9. The Morgan fingerprint density at radius 3 is 2.07 bits per heavy atom. The number of thioether (sulfide) groups is 3. The van der Waals surface area contributed by atoms with Gasteiger partial charge in [0.15, 0.2) is 6.29 Å². The third kappa shape index (κ3) is 23.1. The minimum Gasteiger partial charge on any atom is -0.470 e. The second-order valence-corrected chi connectivity index (χ2v) is 17.4. The van der Waals surface area contributed by atoms with Gasteiger partial charge in [-0.25, -0.2) is 0 Å². The lowest BCUT2D eigenvalue weighted by atomic mass is 9.72. The number of nitrogens with one attached hydrogen (secondary N) is 1. The molecule has 4 saturated heterocycles. The molecule has 0 spiro atoms. The molecule has 5 rings (SSSR count). The Morgan fingerprint density at radius 1 is 0.864 bits per heavy atom. The quantitative estimate of drug-likeness (QED) is 0.0319. The van der Waals surface area contributed by atoms with Crippen molar-refractivity contribution in [1.29, 1.82) is 0 Å². The predicted octanol–water partition coefficient (Wildman–Crippen LogP) is 1.42. The number of aliphatic imine (C=N–C) groups is 1. The number of hydrogen-bond donors (Lipinski definition) is 10. The Kier molecular flexibility index (Phi) is 35.6. The van der Waals surface area contributed by atoms with Gasteiger partial charge < -0.3 is 75.6 Å². The van der Waals surface area contributed by atoms with E-state index in [0.29, 0.717) is 50.7 Å². The molecule has 2 bridgehead atoms. The molecule has 4 aliphatic heterocycles. The Bertz CT molecular complexity index is 1050. The molecular weight excluding hydrogens is 829 g/mol. The zero-order valence-electron chi connectivity index (χ0n) is 36.5. The molecule has 4 heterocycles. The predicted molar refractivity (Wildman–Crippen MR) is 238 cm³/mol. The molecule has 5 fully saturated rings. The van der Waals surface area contributed by atoms with Crippen LogP contribution in [-0.2, 0) is 28.4 Å². The molecule has 1 saturated carbocycles. The zero-order valence-corrected chi connectivity index (χ0v) is 39.0. The van der Waals surface area contributed by atoms with Crippen molar-refractivity contribution in [2.45, 2.75) is 147 Å². The molecule has 1 aliphatic carbocycles. The highest BCUT2D eigenvalue weighted by molar-refractivity contribution is 8.00. The Balaban J connectivity index is 0.00000308. The summed E-state index contributed by atoms with van der Waals surface area (Å²) in [7, 11) is 1.00. The molecule has 352 valence electrons. The van der Waals surface area contributed by atoms with Crippen LogP contribution in [0, 0.1) is 11.8 Å². The highest BCUT2D eigenvalue weighted by atomic mass is 32.2. The van der Waals surface area contributed by atoms with E-state index in [9.17, 15) is 30.6 Å². The maximum absolute atomic E-state index is 10.4. The van der Waals surface area contributed by atoms with Crippen LogP contribution in [0.1, 0.15) is 74.1 Å². The van der Waals surface area contributed by atoms with Gasteiger partial charge in [-0.05, 0) is 42.8 Å². The van der Waals surface area contributed by atoms with Gasteiger partial charge >= 0.3 is 0 Å². The minimum absolute atomic E-state index is 0.0469. The van der Waals surface area contributed by atoms with Gasteiger partial charge in [-0.15, -0.1) is 11.8 Å². The molecule has 13 atom stereocenters. The van der Waals surface area contributed by atoms with Gasteiger partial charge in [0.2, 0.25) is 6.29 Å². The first-order valence-electron chi connectivity index (χ1n) is 20.9. The van der Waals surface area contributed by atoms with Crippen molar-refractivity contribution in [1.82, 2.24) is 5.32 Å². The van der Waals surface area contributed by atoms with Crippen LogP contribution in [0.2, 0.25) is 0 Å². The van der Waals surface area contributed by atoms with Crippen LogP contribution in [0.25, 0.3) is 0 Å². The Morgan fingerprint density at radius 2 is 1.47 bits per heavy atom. The summed E-state index contributed by atoms with van der Waals surface area (Å²) in [5.74, 6) is 4.88. The van der Waals surface area contributed by atoms with E-state index in [1.807, 2.05) is 27.7 Å². The fourth-order valence-electron chi connectivity index (χ4n) is 5.63. The largest absolute Gasteiger partial charge is 0.470 e. The van der Waals surface area contributed by atoms with Gasteiger partial charge in [0.25, 0.3) is 0 Å². The van der Waals surface area contributed by atoms with Gasteiger partial charge in [-0.1, -0.05) is 48.5 Å². The van der Waals surface area contributed by atoms with Gasteiger partial charge in [-0.2, -0.15) is 23.5 Å². The fourth-order valence-corrected chi connectivity index (χ4v) is 8.03. The van der Waals surface area contributed by atoms with Crippen molar-refractivity contribution in [2.75, 3.05) is 68.8 Å². The third-order valence-corrected chi connectivity index (χ3v) is 11.7. The SMILES string of the molecule is CC.CC.CC(C)C.CO.NCCSCCCOC1C(O)NC(CC=COC2OC3C[C@@H](C3O)C2OCCCSCCN=C(N)CSC2OCC(O)C(O)C2O)OC1O. The van der Waals surface area contributed by atoms with E-state index in [-0.39, 0.29) is 18.6 Å². The number of fused-ring (bicyclic) bond motifs is 2. The monoisotopic (exact) mass is 908 g/mol. The summed E-state index contributed by atoms with van der Waals surface area (Å²) in [6.45, 7) is 16.5. The molecule has 12 unspecified atom stereocenters. The molecule has 5 aliphatic rings. The average Bonchev–Trinajstić information content (AvgIpc) is 3.23. The summed E-state index contributed by atoms with van der Waals surface area (Å²) in [6, 6.07) is 0. The summed E-state index contributed by atoms with van der Waals surface area (Å²) in [6.07, 6.45) is -3.65. The van der Waals surface area contributed by atoms with Crippen LogP contribution >= 0.6 is 35.3 Å². The Hall–Kier alpha value is -0.500. The lowest BCUT2D eigenvalue weighted by Gasteiger charge is -2.52. The second-order valence-electron chi connectivity index (χ2n) is 13.9. The van der Waals surface area contributed by atoms with Gasteiger partial charge in [0, 0.05) is 57.3 Å². The van der Waals surface area contributed by atoms with Crippen LogP contribution in [0.3, 0.4) is 0 Å². The number of amidine groups is 1. The van der Waals surface area contributed by atoms with Crippen LogP contribution in [0.5, 0.6) is 0 Å². The first kappa shape index (κ1) is 58.5. The van der Waals surface area contributed by atoms with Crippen molar-refractivity contribution in [3.63, 3.8) is 0 Å². The number of ether oxygens (including phenoxy) is 6. The average molecular weight is 909 g/mol. The highest BCUT2D eigenvalue weighted by Gasteiger charge is 2.55. The molecule has 0 amide bonds. The van der Waals surface area contributed by atoms with Crippen molar-refractivity contribution in [2.24, 2.45) is 28.3 Å². The molecule has 0 aromatic rings. The summed E-state index contributed by atoms with van der Waals surface area (Å²) >= 11 is 4.67. The van der Waals surface area contributed by atoms with E-state index in [1.54, 1.807) is 29.6 Å². The summed E-state index contributed by atoms with van der Waals surface area (Å²) in [4.78, 5) is 4.35. The molecule has 20 heteroatoms. The van der Waals surface area contributed by atoms with E-state index in [4.69, 9.17) is 45.0 Å². The smallest absolute Gasteiger partial charge is 0.226 e. The lowest BCUT2D eigenvalue weighted by Crippen LogP contribution is -2.64. The number of nitrogens with two attached hydrogens (primary N) is 2. The number of aliphatic hydroxyl groups is 7. The maximum atomic E-state index is 10.4. The summed E-state index contributed by atoms with van der Waals surface area (Å²) in [5, 5.41) is 70.4. The van der Waals surface area contributed by atoms with Crippen molar-refractivity contribution in [3.05, 3.63) is 12.3 Å². The molecule has 0 aromatic carbocycles. The number of hydrogen-bond acceptors (Lipinski definition) is 19. The summed E-state index contributed by atoms with van der Waals surface area (Å²) < 4.78 is 34.4. The number of rotatable bonds is 22. The molecule has 17 nitrogen and oxygen atoms in total. The van der Waals surface area contributed by atoms with Crippen molar-refractivity contribution >= 4 is 41.1 Å². The van der Waals surface area contributed by atoms with Crippen LogP contribution in [0.15, 0.2) is 17.3 Å². The summed E-state index contributed by atoms with van der Waals surface area (Å²) in [5.41, 5.74) is 10.8. The molecule has 59 heavy (non-hydrogen) atoms. The number of nitrogens with zero attached hydrogens (tertiary/aromatic N) is 1. The maximum Gasteiger partial charge on any atom is 0.226 e. The van der Waals surface area contributed by atoms with E-state index in [0.717, 1.165) is 48.9 Å². The van der Waals surface area contributed by atoms with E-state index in [1.165, 1.54) is 18.0 Å². The van der Waals surface area contributed by atoms with E-state index < -0.39 is 67.1 Å². The van der Waals surface area contributed by atoms with Gasteiger partial charge in [0.1, 0.15) is 54.2 Å². The topological polar surface area (TPSA) is 273 Å². The van der Waals surface area contributed by atoms with Crippen LogP contribution < -0.4 is 16.8 Å². The molecule has 0 radical (unpaired) electrons. The first-order valence-corrected chi connectivity index (χ1v) is 24.3. The zero-order chi connectivity index (χ0) is 44.8. The van der Waals surface area contributed by atoms with Crippen molar-refractivity contribution in [3.8, 4) is 0 Å². The van der Waals surface area contributed by atoms with Crippen molar-refractivity contribution < 1.29 is 64.2 Å². The number of aliphatic hydroxyl groups excluding tert-OH is 7. The van der Waals surface area contributed by atoms with E-state index >= 15 is 0 Å². The first-order chi connectivity index (χ1) is 28.4. The Labute approximate surface area is 366 Å². The molecule has 0 aromatic heterocycles. The molecule has 12 N–H and O–H groups in total. The lowest BCUT2D eigenvalue weighted by molar-refractivity contribution is -0.328. The molecular formula is C39H80N4O13S3. The fraction of sp³-hybridized carbons (Fsp3) is 0.923. The third-order valence-electron chi connectivity index (χ3n) is 8.38. The van der Waals surface area contributed by atoms with Gasteiger partial charge in [-0.3, -0.25) is 10.3 Å². The minimum atomic E-state index is -1.28. The normalized spacial score (nSPS) is 32.6.